The molecule has 3 atom stereocenters. The number of halogens is 1. The molecule has 0 bridgehead atoms. The first-order valence-electron chi connectivity index (χ1n) is 17.8. The minimum absolute atomic E-state index is 0.0328. The van der Waals surface area contributed by atoms with Crippen molar-refractivity contribution in [2.45, 2.75) is 77.1 Å². The highest BCUT2D eigenvalue weighted by atomic mass is 35.5. The van der Waals surface area contributed by atoms with E-state index >= 15 is 4.79 Å². The monoisotopic (exact) mass is 694 g/mol. The highest BCUT2D eigenvalue weighted by Crippen LogP contribution is 2.40. The molecule has 0 spiro atoms. The summed E-state index contributed by atoms with van der Waals surface area (Å²) in [6.45, 7) is 8.90. The van der Waals surface area contributed by atoms with Gasteiger partial charge in [-0.1, -0.05) is 54.1 Å². The molecule has 50 heavy (non-hydrogen) atoms. The molecular weight excluding hydrogens is 648 g/mol. The number of imidazole rings is 1. The highest BCUT2D eigenvalue weighted by Gasteiger charge is 2.45. The number of piperazine rings is 1. The summed E-state index contributed by atoms with van der Waals surface area (Å²) in [7, 11) is 0. The van der Waals surface area contributed by atoms with Gasteiger partial charge in [0.25, 0.3) is 0 Å². The maximum atomic E-state index is 15.0. The van der Waals surface area contributed by atoms with Gasteiger partial charge in [-0.3, -0.25) is 19.6 Å². The largest absolute Gasteiger partial charge is 0.444 e. The number of piperidine rings is 1. The van der Waals surface area contributed by atoms with Crippen molar-refractivity contribution in [3.63, 3.8) is 0 Å². The Morgan fingerprint density at radius 2 is 1.80 bits per heavy atom. The highest BCUT2D eigenvalue weighted by molar-refractivity contribution is 6.30. The number of benzene rings is 2. The number of rotatable bonds is 6. The minimum atomic E-state index is -0.717. The second-order valence-electron chi connectivity index (χ2n) is 15.2. The molecule has 0 N–H and O–H groups in total. The van der Waals surface area contributed by atoms with Crippen molar-refractivity contribution in [2.24, 2.45) is 5.41 Å². The molecule has 7 rings (SSSR count). The number of fused-ring (bicyclic) bond motifs is 2. The van der Waals surface area contributed by atoms with E-state index in [4.69, 9.17) is 21.3 Å². The Labute approximate surface area is 300 Å². The molecule has 262 valence electrons. The number of carbonyl (C=O) groups excluding carboxylic acids is 2. The zero-order valence-corrected chi connectivity index (χ0v) is 30.1. The van der Waals surface area contributed by atoms with Gasteiger partial charge in [0.15, 0.2) is 0 Å². The topological polar surface area (TPSA) is 83.8 Å². The molecule has 2 saturated heterocycles. The third-order valence-electron chi connectivity index (χ3n) is 10.4. The summed E-state index contributed by atoms with van der Waals surface area (Å²) in [5.74, 6) is -0.0328. The Hall–Kier alpha value is -4.21. The fraction of sp³-hybridized carbons (Fsp3) is 0.450. The van der Waals surface area contributed by atoms with E-state index in [2.05, 4.69) is 56.9 Å². The van der Waals surface area contributed by atoms with Gasteiger partial charge in [0, 0.05) is 68.3 Å². The number of amides is 2. The van der Waals surface area contributed by atoms with Crippen molar-refractivity contribution in [3.05, 3.63) is 119 Å². The van der Waals surface area contributed by atoms with Crippen molar-refractivity contribution < 1.29 is 14.3 Å². The van der Waals surface area contributed by atoms with Gasteiger partial charge < -0.3 is 14.2 Å². The van der Waals surface area contributed by atoms with E-state index in [0.717, 1.165) is 49.9 Å². The van der Waals surface area contributed by atoms with Crippen LogP contribution in [0.3, 0.4) is 0 Å². The van der Waals surface area contributed by atoms with Gasteiger partial charge in [-0.05, 0) is 93.3 Å². The van der Waals surface area contributed by atoms with Gasteiger partial charge in [0.1, 0.15) is 11.6 Å². The van der Waals surface area contributed by atoms with Gasteiger partial charge in [-0.15, -0.1) is 0 Å². The quantitative estimate of drug-likeness (QED) is 0.227. The summed E-state index contributed by atoms with van der Waals surface area (Å²) in [6, 6.07) is 19.9. The van der Waals surface area contributed by atoms with Gasteiger partial charge in [-0.2, -0.15) is 0 Å². The second kappa shape index (κ2) is 14.2. The Balaban J connectivity index is 1.23. The smallest absolute Gasteiger partial charge is 0.411 e. The first-order valence-corrected chi connectivity index (χ1v) is 18.2. The number of nitrogens with zero attached hydrogens (tertiary/aromatic N) is 6. The van der Waals surface area contributed by atoms with Crippen LogP contribution in [0.4, 0.5) is 4.79 Å². The Morgan fingerprint density at radius 3 is 2.58 bits per heavy atom. The lowest BCUT2D eigenvalue weighted by Gasteiger charge is -2.48. The summed E-state index contributed by atoms with van der Waals surface area (Å²) in [6.07, 6.45) is 11.5. The molecule has 2 amide bonds. The Morgan fingerprint density at radius 1 is 0.980 bits per heavy atom. The molecule has 4 heterocycles. The molecular formula is C40H47ClN6O3. The predicted molar refractivity (Wildman–Crippen MR) is 194 cm³/mol. The summed E-state index contributed by atoms with van der Waals surface area (Å²) < 4.78 is 8.05. The van der Waals surface area contributed by atoms with Crippen LogP contribution in [-0.2, 0) is 35.3 Å². The van der Waals surface area contributed by atoms with Crippen LogP contribution >= 0.6 is 11.6 Å². The van der Waals surface area contributed by atoms with Gasteiger partial charge in [-0.25, -0.2) is 9.78 Å². The zero-order chi connectivity index (χ0) is 34.9. The van der Waals surface area contributed by atoms with E-state index in [1.807, 2.05) is 68.8 Å². The number of carbonyl (C=O) groups is 2. The predicted octanol–water partition coefficient (Wildman–Crippen LogP) is 6.59. The van der Waals surface area contributed by atoms with E-state index < -0.39 is 17.7 Å². The molecule has 2 aromatic carbocycles. The van der Waals surface area contributed by atoms with Crippen molar-refractivity contribution in [2.75, 3.05) is 32.7 Å². The SMILES string of the molecule is CC(C)(C)OC(=O)N1CCN([C@H]2c3ccc(Cl)cc3CCc3cccnc32)C[C@@H]1C(=O)N1CCCC(Cc2ccccc2)(Cn2ccnc2)C1. The normalized spacial score (nSPS) is 22.7. The molecule has 0 saturated carbocycles. The number of ether oxygens (including phenoxy) is 1. The molecule has 2 aromatic heterocycles. The van der Waals surface area contributed by atoms with E-state index in [0.29, 0.717) is 37.7 Å². The van der Waals surface area contributed by atoms with Crippen LogP contribution in [0.5, 0.6) is 0 Å². The molecule has 4 aromatic rings. The molecule has 1 aliphatic carbocycles. The van der Waals surface area contributed by atoms with Crippen LogP contribution in [0, 0.1) is 5.41 Å². The van der Waals surface area contributed by atoms with E-state index in [1.165, 1.54) is 16.7 Å². The number of aryl methyl sites for hydroxylation is 2. The maximum absolute atomic E-state index is 15.0. The molecule has 10 heteroatoms. The summed E-state index contributed by atoms with van der Waals surface area (Å²) in [5, 5.41) is 0.712. The van der Waals surface area contributed by atoms with Crippen LogP contribution in [0.2, 0.25) is 5.02 Å². The number of pyridine rings is 1. The lowest BCUT2D eigenvalue weighted by Crippen LogP contribution is -2.63. The van der Waals surface area contributed by atoms with Crippen LogP contribution in [0.25, 0.3) is 0 Å². The number of likely N-dealkylation sites (tertiary alicyclic amines) is 1. The fourth-order valence-electron chi connectivity index (χ4n) is 8.27. The maximum Gasteiger partial charge on any atom is 0.411 e. The fourth-order valence-corrected chi connectivity index (χ4v) is 8.47. The van der Waals surface area contributed by atoms with E-state index in [1.54, 1.807) is 4.90 Å². The van der Waals surface area contributed by atoms with Crippen LogP contribution in [-0.4, -0.2) is 85.6 Å². The molecule has 2 fully saturated rings. The van der Waals surface area contributed by atoms with E-state index in [9.17, 15) is 4.79 Å². The first kappa shape index (κ1) is 34.2. The number of aromatic nitrogens is 3. The average Bonchev–Trinajstić information content (AvgIpc) is 3.54. The third kappa shape index (κ3) is 7.44. The molecule has 2 aliphatic heterocycles. The lowest BCUT2D eigenvalue weighted by atomic mass is 9.74. The Bertz CT molecular complexity index is 1810. The third-order valence-corrected chi connectivity index (χ3v) is 10.6. The molecule has 3 aliphatic rings. The molecule has 0 radical (unpaired) electrons. The van der Waals surface area contributed by atoms with Crippen molar-refractivity contribution >= 4 is 23.6 Å². The summed E-state index contributed by atoms with van der Waals surface area (Å²) in [5.41, 5.74) is 4.92. The summed E-state index contributed by atoms with van der Waals surface area (Å²) >= 11 is 6.51. The van der Waals surface area contributed by atoms with Gasteiger partial charge >= 0.3 is 6.09 Å². The van der Waals surface area contributed by atoms with Crippen molar-refractivity contribution in [1.29, 1.82) is 0 Å². The van der Waals surface area contributed by atoms with Gasteiger partial charge in [0.2, 0.25) is 5.91 Å². The average molecular weight is 695 g/mol. The first-order chi connectivity index (χ1) is 24.1. The standard InChI is InChI=1S/C40H47ClN6O3/c1-39(2,3)50-38(49)47-22-21-45(36-33-15-14-32(41)23-31(33)13-12-30-11-7-17-43-35(30)36)25-34(47)37(48)46-19-8-16-40(27-46,26-44-20-18-42-28-44)24-29-9-5-4-6-10-29/h4-7,9-11,14-15,17-18,20,23,28,34,36H,8,12-13,16,19,21-22,24-27H2,1-3H3/t34-,36+,40?/m1/s1. The van der Waals surface area contributed by atoms with Gasteiger partial charge in [0.05, 0.1) is 18.1 Å². The van der Waals surface area contributed by atoms with Crippen LogP contribution < -0.4 is 0 Å². The number of hydrogen-bond donors (Lipinski definition) is 0. The second-order valence-corrected chi connectivity index (χ2v) is 15.7. The summed E-state index contributed by atoms with van der Waals surface area (Å²) in [4.78, 5) is 44.1. The Kier molecular flexibility index (Phi) is 9.72. The van der Waals surface area contributed by atoms with Crippen LogP contribution in [0.15, 0.2) is 85.6 Å². The zero-order valence-electron chi connectivity index (χ0n) is 29.3. The number of hydrogen-bond acceptors (Lipinski definition) is 6. The van der Waals surface area contributed by atoms with Crippen molar-refractivity contribution in [1.82, 2.24) is 29.2 Å². The molecule has 1 unspecified atom stereocenters. The minimum Gasteiger partial charge on any atom is -0.444 e. The van der Waals surface area contributed by atoms with Crippen molar-refractivity contribution in [3.8, 4) is 0 Å². The lowest BCUT2D eigenvalue weighted by molar-refractivity contribution is -0.143. The van der Waals surface area contributed by atoms with E-state index in [-0.39, 0.29) is 17.4 Å². The van der Waals surface area contributed by atoms with Crippen LogP contribution in [0.1, 0.15) is 67.6 Å². The molecule has 9 nitrogen and oxygen atoms in total.